The molecule has 0 radical (unpaired) electrons. The molecule has 0 bridgehead atoms. The molecule has 0 atom stereocenters. The normalized spacial score (nSPS) is 23.3. The van der Waals surface area contributed by atoms with Gasteiger partial charge < -0.3 is 4.90 Å². The Labute approximate surface area is 143 Å². The van der Waals surface area contributed by atoms with E-state index in [0.717, 1.165) is 45.7 Å². The number of hydrogen-bond donors (Lipinski definition) is 0. The van der Waals surface area contributed by atoms with Gasteiger partial charge >= 0.3 is 0 Å². The second kappa shape index (κ2) is 7.10. The first kappa shape index (κ1) is 18.7. The number of rotatable bonds is 2. The second-order valence-electron chi connectivity index (χ2n) is 9.34. The van der Waals surface area contributed by atoms with E-state index in [-0.39, 0.29) is 11.1 Å². The lowest BCUT2D eigenvalue weighted by atomic mass is 9.90. The van der Waals surface area contributed by atoms with Crippen molar-refractivity contribution < 1.29 is 4.79 Å². The van der Waals surface area contributed by atoms with Crippen LogP contribution in [0.4, 0.5) is 0 Å². The fourth-order valence-corrected chi connectivity index (χ4v) is 3.81. The Morgan fingerprint density at radius 2 is 1.22 bits per heavy atom. The summed E-state index contributed by atoms with van der Waals surface area (Å²) < 4.78 is 0. The van der Waals surface area contributed by atoms with Crippen molar-refractivity contribution in [3.8, 4) is 0 Å². The Morgan fingerprint density at radius 1 is 0.783 bits per heavy atom. The lowest BCUT2D eigenvalue weighted by Gasteiger charge is -2.43. The molecule has 23 heavy (non-hydrogen) atoms. The number of nitrogens with zero attached hydrogens (tertiary/aromatic N) is 3. The summed E-state index contributed by atoms with van der Waals surface area (Å²) in [5.74, 6) is 0.967. The first-order chi connectivity index (χ1) is 10.6. The van der Waals surface area contributed by atoms with Gasteiger partial charge in [-0.15, -0.1) is 0 Å². The number of carbonyl (C=O) groups is 1. The summed E-state index contributed by atoms with van der Waals surface area (Å²) in [6.07, 6.45) is 3.10. The van der Waals surface area contributed by atoms with Gasteiger partial charge in [-0.05, 0) is 73.4 Å². The SMILES string of the molecule is CC(C)(C)N1CCC(CC(=O)N2CCN(C(C)(C)C)CC2)CC1. The molecule has 0 N–H and O–H groups in total. The predicted molar refractivity (Wildman–Crippen MR) is 96.6 cm³/mol. The maximum Gasteiger partial charge on any atom is 0.222 e. The molecule has 0 aromatic rings. The van der Waals surface area contributed by atoms with Gasteiger partial charge in [0, 0.05) is 43.7 Å². The van der Waals surface area contributed by atoms with Gasteiger partial charge in [0.05, 0.1) is 0 Å². The van der Waals surface area contributed by atoms with Crippen molar-refractivity contribution in [2.75, 3.05) is 39.3 Å². The van der Waals surface area contributed by atoms with Gasteiger partial charge in [0.2, 0.25) is 5.91 Å². The van der Waals surface area contributed by atoms with Gasteiger partial charge in [-0.25, -0.2) is 0 Å². The Balaban J connectivity index is 1.74. The number of carbonyl (C=O) groups excluding carboxylic acids is 1. The molecule has 0 aromatic heterocycles. The summed E-state index contributed by atoms with van der Waals surface area (Å²) >= 11 is 0. The zero-order valence-corrected chi connectivity index (χ0v) is 16.2. The lowest BCUT2D eigenvalue weighted by molar-refractivity contribution is -0.135. The van der Waals surface area contributed by atoms with Gasteiger partial charge in [-0.1, -0.05) is 0 Å². The fourth-order valence-electron chi connectivity index (χ4n) is 3.81. The Bertz CT molecular complexity index is 392. The molecule has 134 valence electrons. The van der Waals surface area contributed by atoms with E-state index < -0.39 is 0 Å². The average Bonchev–Trinajstić information content (AvgIpc) is 2.46. The molecule has 4 heteroatoms. The summed E-state index contributed by atoms with van der Waals surface area (Å²) in [4.78, 5) is 19.7. The molecular weight excluding hydrogens is 286 g/mol. The fraction of sp³-hybridized carbons (Fsp3) is 0.947. The second-order valence-corrected chi connectivity index (χ2v) is 9.34. The molecule has 2 rings (SSSR count). The van der Waals surface area contributed by atoms with E-state index in [1.165, 1.54) is 12.8 Å². The number of piperazine rings is 1. The predicted octanol–water partition coefficient (Wildman–Crippen LogP) is 2.83. The first-order valence-corrected chi connectivity index (χ1v) is 9.35. The molecule has 0 spiro atoms. The third-order valence-electron chi connectivity index (χ3n) is 5.61. The van der Waals surface area contributed by atoms with Gasteiger partial charge in [0.1, 0.15) is 0 Å². The van der Waals surface area contributed by atoms with Crippen LogP contribution in [0.15, 0.2) is 0 Å². The largest absolute Gasteiger partial charge is 0.340 e. The summed E-state index contributed by atoms with van der Waals surface area (Å²) in [6, 6.07) is 0. The van der Waals surface area contributed by atoms with Crippen molar-refractivity contribution in [3.05, 3.63) is 0 Å². The number of likely N-dealkylation sites (tertiary alicyclic amines) is 1. The molecule has 0 aliphatic carbocycles. The van der Waals surface area contributed by atoms with Crippen molar-refractivity contribution in [1.82, 2.24) is 14.7 Å². The van der Waals surface area contributed by atoms with Crippen molar-refractivity contribution >= 4 is 5.91 Å². The highest BCUT2D eigenvalue weighted by atomic mass is 16.2. The molecule has 2 aliphatic rings. The number of hydrogen-bond acceptors (Lipinski definition) is 3. The van der Waals surface area contributed by atoms with Crippen LogP contribution in [0.5, 0.6) is 0 Å². The van der Waals surface area contributed by atoms with E-state index in [0.29, 0.717) is 11.8 Å². The standard InChI is InChI=1S/C19H37N3O/c1-18(2,3)21-9-7-16(8-10-21)15-17(23)20-11-13-22(14-12-20)19(4,5)6/h16H,7-15H2,1-6H3. The average molecular weight is 324 g/mol. The molecule has 4 nitrogen and oxygen atoms in total. The highest BCUT2D eigenvalue weighted by Gasteiger charge is 2.31. The molecule has 2 saturated heterocycles. The van der Waals surface area contributed by atoms with E-state index in [1.807, 2.05) is 0 Å². The minimum absolute atomic E-state index is 0.217. The molecular formula is C19H37N3O. The minimum Gasteiger partial charge on any atom is -0.340 e. The third-order valence-corrected chi connectivity index (χ3v) is 5.61. The Morgan fingerprint density at radius 3 is 1.65 bits per heavy atom. The topological polar surface area (TPSA) is 26.8 Å². The molecule has 0 saturated carbocycles. The highest BCUT2D eigenvalue weighted by Crippen LogP contribution is 2.26. The van der Waals surface area contributed by atoms with Crippen LogP contribution in [0.1, 0.15) is 60.8 Å². The molecule has 2 fully saturated rings. The van der Waals surface area contributed by atoms with Crippen LogP contribution in [0.25, 0.3) is 0 Å². The van der Waals surface area contributed by atoms with Gasteiger partial charge in [-0.3, -0.25) is 14.6 Å². The molecule has 1 amide bonds. The van der Waals surface area contributed by atoms with Crippen molar-refractivity contribution in [1.29, 1.82) is 0 Å². The molecule has 2 heterocycles. The zero-order chi connectivity index (χ0) is 17.3. The third kappa shape index (κ3) is 5.18. The van der Waals surface area contributed by atoms with Crippen molar-refractivity contribution in [3.63, 3.8) is 0 Å². The van der Waals surface area contributed by atoms with Crippen molar-refractivity contribution in [2.45, 2.75) is 71.9 Å². The number of amides is 1. The van der Waals surface area contributed by atoms with Gasteiger partial charge in [0.15, 0.2) is 0 Å². The van der Waals surface area contributed by atoms with E-state index >= 15 is 0 Å². The first-order valence-electron chi connectivity index (χ1n) is 9.35. The molecule has 0 unspecified atom stereocenters. The smallest absolute Gasteiger partial charge is 0.222 e. The van der Waals surface area contributed by atoms with E-state index in [1.54, 1.807) is 0 Å². The van der Waals surface area contributed by atoms with Gasteiger partial charge in [-0.2, -0.15) is 0 Å². The summed E-state index contributed by atoms with van der Waals surface area (Å²) in [5, 5.41) is 0. The van der Waals surface area contributed by atoms with Crippen LogP contribution in [0, 0.1) is 5.92 Å². The maximum absolute atomic E-state index is 12.6. The zero-order valence-electron chi connectivity index (χ0n) is 16.2. The maximum atomic E-state index is 12.6. The summed E-state index contributed by atoms with van der Waals surface area (Å²) in [6.45, 7) is 19.7. The van der Waals surface area contributed by atoms with E-state index in [2.05, 4.69) is 56.2 Å². The molecule has 0 aromatic carbocycles. The Hall–Kier alpha value is -0.610. The van der Waals surface area contributed by atoms with Crippen LogP contribution >= 0.6 is 0 Å². The minimum atomic E-state index is 0.217. The number of piperidine rings is 1. The van der Waals surface area contributed by atoms with Crippen LogP contribution in [0.2, 0.25) is 0 Å². The van der Waals surface area contributed by atoms with E-state index in [9.17, 15) is 4.79 Å². The van der Waals surface area contributed by atoms with Crippen LogP contribution in [0.3, 0.4) is 0 Å². The summed E-state index contributed by atoms with van der Waals surface area (Å²) in [5.41, 5.74) is 0.479. The highest BCUT2D eigenvalue weighted by molar-refractivity contribution is 5.76. The lowest BCUT2D eigenvalue weighted by Crippen LogP contribution is -2.55. The quantitative estimate of drug-likeness (QED) is 0.782. The monoisotopic (exact) mass is 323 g/mol. The van der Waals surface area contributed by atoms with Crippen LogP contribution < -0.4 is 0 Å². The van der Waals surface area contributed by atoms with E-state index in [4.69, 9.17) is 0 Å². The van der Waals surface area contributed by atoms with Crippen molar-refractivity contribution in [2.24, 2.45) is 5.92 Å². The van der Waals surface area contributed by atoms with Crippen LogP contribution in [-0.2, 0) is 4.79 Å². The molecule has 2 aliphatic heterocycles. The van der Waals surface area contributed by atoms with Gasteiger partial charge in [0.25, 0.3) is 0 Å². The summed E-state index contributed by atoms with van der Waals surface area (Å²) in [7, 11) is 0. The Kier molecular flexibility index (Phi) is 5.78. The van der Waals surface area contributed by atoms with Crippen LogP contribution in [-0.4, -0.2) is 71.0 Å².